The monoisotopic (exact) mass is 423 g/mol. The highest BCUT2D eigenvalue weighted by molar-refractivity contribution is 6.47. The molecule has 1 heterocycles. The number of amides is 2. The average Bonchev–Trinajstić information content (AvgIpc) is 2.99. The Kier molecular flexibility index (Phi) is 5.76. The fourth-order valence-electron chi connectivity index (χ4n) is 4.44. The molecule has 1 N–H and O–H groups in total. The van der Waals surface area contributed by atoms with Gasteiger partial charge < -0.3 is 15.0 Å². The van der Waals surface area contributed by atoms with Crippen molar-refractivity contribution in [2.45, 2.75) is 44.7 Å². The molecule has 4 rings (SSSR count). The molecule has 7 heteroatoms. The maximum Gasteiger partial charge on any atom is 0.275 e. The highest BCUT2D eigenvalue weighted by Gasteiger charge is 2.48. The zero-order valence-corrected chi connectivity index (χ0v) is 17.8. The predicted molar refractivity (Wildman–Crippen MR) is 117 cm³/mol. The summed E-state index contributed by atoms with van der Waals surface area (Å²) in [5.41, 5.74) is 1.47. The molecule has 1 aliphatic heterocycles. The predicted octanol–water partition coefficient (Wildman–Crippen LogP) is 4.07. The van der Waals surface area contributed by atoms with E-state index < -0.39 is 11.5 Å². The van der Waals surface area contributed by atoms with Crippen molar-refractivity contribution in [1.82, 2.24) is 4.90 Å². The highest BCUT2D eigenvalue weighted by atomic mass is 19.1. The third kappa shape index (κ3) is 4.31. The van der Waals surface area contributed by atoms with Gasteiger partial charge in [0.2, 0.25) is 5.91 Å². The van der Waals surface area contributed by atoms with Gasteiger partial charge in [-0.3, -0.25) is 14.6 Å². The van der Waals surface area contributed by atoms with Crippen molar-refractivity contribution in [1.29, 1.82) is 0 Å². The van der Waals surface area contributed by atoms with Gasteiger partial charge >= 0.3 is 0 Å². The summed E-state index contributed by atoms with van der Waals surface area (Å²) in [6, 6.07) is 11.6. The van der Waals surface area contributed by atoms with Crippen LogP contribution in [0.1, 0.15) is 43.2 Å². The number of aliphatic imine (C=N–C) groups is 1. The van der Waals surface area contributed by atoms with Crippen LogP contribution in [0.15, 0.2) is 47.5 Å². The van der Waals surface area contributed by atoms with Gasteiger partial charge in [-0.2, -0.15) is 0 Å². The Morgan fingerprint density at radius 1 is 1.16 bits per heavy atom. The van der Waals surface area contributed by atoms with Crippen molar-refractivity contribution in [2.24, 2.45) is 4.99 Å². The standard InChI is InChI=1S/C24H26FN3O3/c1-16-12-18(25)14-19(13-16)26-21(29)15-28-23(30)22(17-6-8-20(31-2)9-7-17)27-24(28)10-4-3-5-11-24/h6-9,12-14H,3-5,10-11,15H2,1-2H3,(H,26,29). The number of anilines is 1. The molecule has 0 aromatic heterocycles. The maximum absolute atomic E-state index is 13.7. The zero-order chi connectivity index (χ0) is 22.0. The Balaban J connectivity index is 1.58. The molecule has 0 radical (unpaired) electrons. The number of ether oxygens (including phenoxy) is 1. The molecule has 6 nitrogen and oxygen atoms in total. The van der Waals surface area contributed by atoms with Gasteiger partial charge in [0.25, 0.3) is 5.91 Å². The van der Waals surface area contributed by atoms with Crippen LogP contribution in [0.3, 0.4) is 0 Å². The van der Waals surface area contributed by atoms with Crippen molar-refractivity contribution >= 4 is 23.2 Å². The third-order valence-corrected chi connectivity index (χ3v) is 5.92. The van der Waals surface area contributed by atoms with Gasteiger partial charge in [-0.25, -0.2) is 4.39 Å². The molecule has 1 aliphatic carbocycles. The summed E-state index contributed by atoms with van der Waals surface area (Å²) in [6.07, 6.45) is 4.45. The molecule has 31 heavy (non-hydrogen) atoms. The number of hydrogen-bond acceptors (Lipinski definition) is 4. The molecule has 2 aliphatic rings. The molecular weight excluding hydrogens is 397 g/mol. The van der Waals surface area contributed by atoms with E-state index in [9.17, 15) is 14.0 Å². The molecule has 0 bridgehead atoms. The molecule has 1 spiro atoms. The first-order valence-electron chi connectivity index (χ1n) is 10.5. The lowest BCUT2D eigenvalue weighted by Gasteiger charge is -2.38. The minimum Gasteiger partial charge on any atom is -0.497 e. The van der Waals surface area contributed by atoms with E-state index in [-0.39, 0.29) is 18.4 Å². The molecule has 1 fully saturated rings. The number of methoxy groups -OCH3 is 1. The number of hydrogen-bond donors (Lipinski definition) is 1. The summed E-state index contributed by atoms with van der Waals surface area (Å²) in [4.78, 5) is 32.6. The van der Waals surface area contributed by atoms with E-state index in [0.717, 1.165) is 32.1 Å². The van der Waals surface area contributed by atoms with E-state index in [2.05, 4.69) is 5.32 Å². The van der Waals surface area contributed by atoms with Crippen LogP contribution in [-0.2, 0) is 9.59 Å². The normalized spacial score (nSPS) is 17.6. The zero-order valence-electron chi connectivity index (χ0n) is 17.8. The van der Waals surface area contributed by atoms with E-state index in [1.54, 1.807) is 37.1 Å². The van der Waals surface area contributed by atoms with Gasteiger partial charge in [0.1, 0.15) is 29.5 Å². The number of halogens is 1. The first kappa shape index (κ1) is 21.0. The number of benzene rings is 2. The lowest BCUT2D eigenvalue weighted by Crippen LogP contribution is -2.51. The summed E-state index contributed by atoms with van der Waals surface area (Å²) < 4.78 is 18.9. The minimum absolute atomic E-state index is 0.127. The molecule has 0 saturated heterocycles. The molecular formula is C24H26FN3O3. The van der Waals surface area contributed by atoms with E-state index in [4.69, 9.17) is 9.73 Å². The number of carbonyl (C=O) groups is 2. The lowest BCUT2D eigenvalue weighted by molar-refractivity contribution is -0.134. The Bertz CT molecular complexity index is 1010. The first-order chi connectivity index (χ1) is 14.9. The van der Waals surface area contributed by atoms with E-state index >= 15 is 0 Å². The van der Waals surface area contributed by atoms with E-state index in [1.165, 1.54) is 12.1 Å². The second-order valence-electron chi connectivity index (χ2n) is 8.19. The smallest absolute Gasteiger partial charge is 0.275 e. The van der Waals surface area contributed by atoms with Gasteiger partial charge in [-0.15, -0.1) is 0 Å². The van der Waals surface area contributed by atoms with E-state index in [0.29, 0.717) is 28.3 Å². The Hall–Kier alpha value is -3.22. The van der Waals surface area contributed by atoms with Crippen molar-refractivity contribution in [3.8, 4) is 5.75 Å². The largest absolute Gasteiger partial charge is 0.497 e. The summed E-state index contributed by atoms with van der Waals surface area (Å²) in [7, 11) is 1.59. The fourth-order valence-corrected chi connectivity index (χ4v) is 4.44. The highest BCUT2D eigenvalue weighted by Crippen LogP contribution is 2.39. The van der Waals surface area contributed by atoms with Crippen LogP contribution in [0, 0.1) is 12.7 Å². The molecule has 1 saturated carbocycles. The lowest BCUT2D eigenvalue weighted by atomic mass is 9.88. The SMILES string of the molecule is COc1ccc(C2=NC3(CCCCC3)N(CC(=O)Nc3cc(C)cc(F)c3)C2=O)cc1. The molecule has 0 unspecified atom stereocenters. The van der Waals surface area contributed by atoms with Crippen molar-refractivity contribution < 1.29 is 18.7 Å². The molecule has 2 amide bonds. The number of nitrogens with zero attached hydrogens (tertiary/aromatic N) is 2. The van der Waals surface area contributed by atoms with Crippen LogP contribution in [-0.4, -0.2) is 41.7 Å². The fraction of sp³-hybridized carbons (Fsp3) is 0.375. The maximum atomic E-state index is 13.7. The van der Waals surface area contributed by atoms with Gasteiger partial charge in [0, 0.05) is 11.3 Å². The Morgan fingerprint density at radius 3 is 2.52 bits per heavy atom. The first-order valence-corrected chi connectivity index (χ1v) is 10.5. The third-order valence-electron chi connectivity index (χ3n) is 5.92. The average molecular weight is 423 g/mol. The van der Waals surface area contributed by atoms with E-state index in [1.807, 2.05) is 12.1 Å². The molecule has 162 valence electrons. The van der Waals surface area contributed by atoms with Crippen LogP contribution >= 0.6 is 0 Å². The Morgan fingerprint density at radius 2 is 1.87 bits per heavy atom. The molecule has 2 aromatic carbocycles. The van der Waals surface area contributed by atoms with Gasteiger partial charge in [-0.1, -0.05) is 6.42 Å². The van der Waals surface area contributed by atoms with Crippen LogP contribution in [0.4, 0.5) is 10.1 Å². The second-order valence-corrected chi connectivity index (χ2v) is 8.19. The van der Waals surface area contributed by atoms with Gasteiger partial charge in [0.15, 0.2) is 0 Å². The summed E-state index contributed by atoms with van der Waals surface area (Å²) in [5.74, 6) is -0.336. The minimum atomic E-state index is -0.695. The molecule has 0 atom stereocenters. The molecule has 2 aromatic rings. The quantitative estimate of drug-likeness (QED) is 0.788. The van der Waals surface area contributed by atoms with Gasteiger partial charge in [0.05, 0.1) is 7.11 Å². The van der Waals surface area contributed by atoms with Gasteiger partial charge in [-0.05, 0) is 80.6 Å². The number of rotatable bonds is 5. The summed E-state index contributed by atoms with van der Waals surface area (Å²) in [5, 5.41) is 2.72. The van der Waals surface area contributed by atoms with Crippen molar-refractivity contribution in [3.63, 3.8) is 0 Å². The number of aryl methyl sites for hydroxylation is 1. The van der Waals surface area contributed by atoms with Crippen LogP contribution in [0.25, 0.3) is 0 Å². The second kappa shape index (κ2) is 8.49. The Labute approximate surface area is 181 Å². The van der Waals surface area contributed by atoms with Crippen LogP contribution in [0.5, 0.6) is 5.75 Å². The van der Waals surface area contributed by atoms with Crippen molar-refractivity contribution in [2.75, 3.05) is 19.0 Å². The van der Waals surface area contributed by atoms with Crippen LogP contribution < -0.4 is 10.1 Å². The number of nitrogens with one attached hydrogen (secondary N) is 1. The topological polar surface area (TPSA) is 71.0 Å². The van der Waals surface area contributed by atoms with Crippen LogP contribution in [0.2, 0.25) is 0 Å². The summed E-state index contributed by atoms with van der Waals surface area (Å²) in [6.45, 7) is 1.63. The van der Waals surface area contributed by atoms with Crippen molar-refractivity contribution in [3.05, 3.63) is 59.4 Å². The summed E-state index contributed by atoms with van der Waals surface area (Å²) >= 11 is 0. The number of carbonyl (C=O) groups excluding carboxylic acids is 2.